The number of halogens is 2. The molecule has 1 aromatic carbocycles. The van der Waals surface area contributed by atoms with Gasteiger partial charge in [0.1, 0.15) is 5.02 Å². The quantitative estimate of drug-likeness (QED) is 0.861. The van der Waals surface area contributed by atoms with Gasteiger partial charge in [-0.15, -0.1) is 0 Å². The Balaban J connectivity index is 2.48. The van der Waals surface area contributed by atoms with Crippen LogP contribution in [0.25, 0.3) is 0 Å². The Morgan fingerprint density at radius 3 is 2.57 bits per heavy atom. The summed E-state index contributed by atoms with van der Waals surface area (Å²) in [6.45, 7) is 0. The first kappa shape index (κ1) is 15.8. The Hall–Kier alpha value is -1.57. The first-order valence-corrected chi connectivity index (χ1v) is 8.41. The van der Waals surface area contributed by atoms with Crippen LogP contribution in [0.2, 0.25) is 10.3 Å². The summed E-state index contributed by atoms with van der Waals surface area (Å²) in [5.74, 6) is 0.374. The Morgan fingerprint density at radius 1 is 1.24 bits per heavy atom. The lowest BCUT2D eigenvalue weighted by molar-refractivity contribution is 0.607. The minimum Gasteiger partial charge on any atom is -0.326 e. The maximum absolute atomic E-state index is 11.4. The van der Waals surface area contributed by atoms with Crippen LogP contribution in [-0.2, 0) is 10.0 Å². The molecule has 9 heteroatoms. The molecule has 0 bridgehead atoms. The second-order valence-electron chi connectivity index (χ2n) is 4.26. The van der Waals surface area contributed by atoms with Gasteiger partial charge in [-0.25, -0.2) is 13.4 Å². The standard InChI is InChI=1S/C12H12Cl2N4O2S/c1-18(11-8(13)7-15-12(14)16-11)10-6-4-3-5-9(10)17-21(2,19)20/h3-7,17H,1-2H3. The van der Waals surface area contributed by atoms with Gasteiger partial charge in [-0.1, -0.05) is 23.7 Å². The van der Waals surface area contributed by atoms with E-state index in [-0.39, 0.29) is 5.28 Å². The van der Waals surface area contributed by atoms with Gasteiger partial charge in [0, 0.05) is 7.05 Å². The zero-order chi connectivity index (χ0) is 15.6. The normalized spacial score (nSPS) is 11.2. The molecule has 1 heterocycles. The SMILES string of the molecule is CN(c1ccccc1NS(C)(=O)=O)c1nc(Cl)ncc1Cl. The summed E-state index contributed by atoms with van der Waals surface area (Å²) < 4.78 is 25.3. The third-order valence-electron chi connectivity index (χ3n) is 2.57. The van der Waals surface area contributed by atoms with Crippen molar-refractivity contribution in [2.75, 3.05) is 22.9 Å². The highest BCUT2D eigenvalue weighted by atomic mass is 35.5. The zero-order valence-corrected chi connectivity index (χ0v) is 13.5. The van der Waals surface area contributed by atoms with Crippen LogP contribution in [0.5, 0.6) is 0 Å². The number of para-hydroxylation sites is 2. The van der Waals surface area contributed by atoms with Gasteiger partial charge >= 0.3 is 0 Å². The number of hydrogen-bond acceptors (Lipinski definition) is 5. The molecule has 0 aliphatic heterocycles. The molecule has 1 aromatic heterocycles. The molecule has 1 N–H and O–H groups in total. The topological polar surface area (TPSA) is 75.2 Å². The highest BCUT2D eigenvalue weighted by Crippen LogP contribution is 2.33. The summed E-state index contributed by atoms with van der Waals surface area (Å²) in [6, 6.07) is 6.87. The van der Waals surface area contributed by atoms with Gasteiger partial charge < -0.3 is 4.90 Å². The molecule has 0 unspecified atom stereocenters. The molecular weight excluding hydrogens is 335 g/mol. The molecule has 0 aliphatic rings. The lowest BCUT2D eigenvalue weighted by atomic mass is 10.2. The molecule has 0 spiro atoms. The summed E-state index contributed by atoms with van der Waals surface area (Å²) in [6.07, 6.45) is 2.47. The van der Waals surface area contributed by atoms with Crippen LogP contribution in [-0.4, -0.2) is 31.7 Å². The highest BCUT2D eigenvalue weighted by Gasteiger charge is 2.16. The third-order valence-corrected chi connectivity index (χ3v) is 3.61. The lowest BCUT2D eigenvalue weighted by Gasteiger charge is -2.22. The summed E-state index contributed by atoms with van der Waals surface area (Å²) in [7, 11) is -1.70. The van der Waals surface area contributed by atoms with Crippen molar-refractivity contribution in [2.24, 2.45) is 0 Å². The number of rotatable bonds is 4. The molecular formula is C12H12Cl2N4O2S. The van der Waals surface area contributed by atoms with Crippen LogP contribution in [0.4, 0.5) is 17.2 Å². The van der Waals surface area contributed by atoms with E-state index in [4.69, 9.17) is 23.2 Å². The molecule has 0 atom stereocenters. The van der Waals surface area contributed by atoms with E-state index in [0.717, 1.165) is 6.26 Å². The fourth-order valence-corrected chi connectivity index (χ4v) is 2.66. The van der Waals surface area contributed by atoms with Crippen molar-refractivity contribution in [3.63, 3.8) is 0 Å². The third kappa shape index (κ3) is 3.96. The number of aromatic nitrogens is 2. The molecule has 0 saturated heterocycles. The van der Waals surface area contributed by atoms with Gasteiger partial charge in [0.15, 0.2) is 5.82 Å². The van der Waals surface area contributed by atoms with Gasteiger partial charge in [0.25, 0.3) is 0 Å². The van der Waals surface area contributed by atoms with Crippen molar-refractivity contribution in [3.8, 4) is 0 Å². The average molecular weight is 347 g/mol. The molecule has 6 nitrogen and oxygen atoms in total. The van der Waals surface area contributed by atoms with Gasteiger partial charge in [0.05, 0.1) is 23.8 Å². The van der Waals surface area contributed by atoms with E-state index >= 15 is 0 Å². The first-order valence-electron chi connectivity index (χ1n) is 5.76. The molecule has 0 aliphatic carbocycles. The minimum absolute atomic E-state index is 0.0507. The molecule has 2 aromatic rings. The predicted octanol–water partition coefficient (Wildman–Crippen LogP) is 2.92. The fourth-order valence-electron chi connectivity index (χ4n) is 1.74. The summed E-state index contributed by atoms with van der Waals surface area (Å²) in [5, 5.41) is 0.353. The van der Waals surface area contributed by atoms with Crippen LogP contribution in [0.15, 0.2) is 30.5 Å². The van der Waals surface area contributed by atoms with E-state index in [2.05, 4.69) is 14.7 Å². The Kier molecular flexibility index (Phi) is 4.55. The van der Waals surface area contributed by atoms with Crippen LogP contribution >= 0.6 is 23.2 Å². The molecule has 0 radical (unpaired) electrons. The van der Waals surface area contributed by atoms with Crippen LogP contribution < -0.4 is 9.62 Å². The van der Waals surface area contributed by atoms with Crippen molar-refractivity contribution < 1.29 is 8.42 Å². The van der Waals surface area contributed by atoms with Gasteiger partial charge in [-0.3, -0.25) is 4.72 Å². The van der Waals surface area contributed by atoms with E-state index in [0.29, 0.717) is 22.2 Å². The number of anilines is 3. The Morgan fingerprint density at radius 2 is 1.90 bits per heavy atom. The van der Waals surface area contributed by atoms with Crippen LogP contribution in [0, 0.1) is 0 Å². The smallest absolute Gasteiger partial charge is 0.229 e. The van der Waals surface area contributed by atoms with Crippen LogP contribution in [0.3, 0.4) is 0 Å². The highest BCUT2D eigenvalue weighted by molar-refractivity contribution is 7.92. The van der Waals surface area contributed by atoms with Crippen molar-refractivity contribution >= 4 is 50.4 Å². The second kappa shape index (κ2) is 6.05. The molecule has 0 amide bonds. The maximum atomic E-state index is 11.4. The Bertz CT molecular complexity index is 768. The summed E-state index contributed by atoms with van der Waals surface area (Å²) in [4.78, 5) is 9.47. The van der Waals surface area contributed by atoms with E-state index < -0.39 is 10.0 Å². The molecule has 2 rings (SSSR count). The molecule has 21 heavy (non-hydrogen) atoms. The number of nitrogens with one attached hydrogen (secondary N) is 1. The van der Waals surface area contributed by atoms with E-state index in [1.165, 1.54) is 6.20 Å². The van der Waals surface area contributed by atoms with Crippen LogP contribution in [0.1, 0.15) is 0 Å². The average Bonchev–Trinajstić information content (AvgIpc) is 2.39. The minimum atomic E-state index is -3.40. The van der Waals surface area contributed by atoms with Crippen molar-refractivity contribution in [3.05, 3.63) is 40.8 Å². The first-order chi connectivity index (χ1) is 9.78. The largest absolute Gasteiger partial charge is 0.326 e. The second-order valence-corrected chi connectivity index (χ2v) is 6.75. The predicted molar refractivity (Wildman–Crippen MR) is 85.0 cm³/mol. The molecule has 0 fully saturated rings. The van der Waals surface area contributed by atoms with Crippen molar-refractivity contribution in [1.29, 1.82) is 0 Å². The van der Waals surface area contributed by atoms with E-state index in [1.807, 2.05) is 0 Å². The number of sulfonamides is 1. The van der Waals surface area contributed by atoms with E-state index in [9.17, 15) is 8.42 Å². The summed E-state index contributed by atoms with van der Waals surface area (Å²) >= 11 is 11.8. The zero-order valence-electron chi connectivity index (χ0n) is 11.2. The lowest BCUT2D eigenvalue weighted by Crippen LogP contribution is -2.17. The number of benzene rings is 1. The van der Waals surface area contributed by atoms with Gasteiger partial charge in [-0.2, -0.15) is 4.98 Å². The maximum Gasteiger partial charge on any atom is 0.229 e. The fraction of sp³-hybridized carbons (Fsp3) is 0.167. The van der Waals surface area contributed by atoms with Gasteiger partial charge in [-0.05, 0) is 23.7 Å². The number of hydrogen-bond donors (Lipinski definition) is 1. The Labute approximate surface area is 132 Å². The summed E-state index contributed by atoms with van der Waals surface area (Å²) in [5.41, 5.74) is 0.993. The van der Waals surface area contributed by atoms with Crippen molar-refractivity contribution in [2.45, 2.75) is 0 Å². The molecule has 112 valence electrons. The number of nitrogens with zero attached hydrogens (tertiary/aromatic N) is 3. The van der Waals surface area contributed by atoms with Gasteiger partial charge in [0.2, 0.25) is 15.3 Å². The molecule has 0 saturated carbocycles. The van der Waals surface area contributed by atoms with Crippen molar-refractivity contribution in [1.82, 2.24) is 9.97 Å². The monoisotopic (exact) mass is 346 g/mol. The van der Waals surface area contributed by atoms with E-state index in [1.54, 1.807) is 36.2 Å².